The Morgan fingerprint density at radius 1 is 1.35 bits per heavy atom. The molecule has 0 saturated heterocycles. The number of fused-ring (bicyclic) bond motifs is 1. The van der Waals surface area contributed by atoms with Crippen molar-refractivity contribution in [1.29, 1.82) is 0 Å². The van der Waals surface area contributed by atoms with E-state index >= 15 is 0 Å². The van der Waals surface area contributed by atoms with Crippen LogP contribution in [0.1, 0.15) is 23.1 Å². The molecule has 1 aromatic heterocycles. The number of nitrogen functional groups attached to an aromatic ring is 1. The smallest absolute Gasteiger partial charge is 0.0943 e. The van der Waals surface area contributed by atoms with E-state index in [1.54, 1.807) is 12.5 Å². The monoisotopic (exact) mass is 229 g/mol. The van der Waals surface area contributed by atoms with Gasteiger partial charge in [0, 0.05) is 12.1 Å². The van der Waals surface area contributed by atoms with Crippen LogP contribution in [0.5, 0.6) is 0 Å². The molecular formula is C14H15NO2. The van der Waals surface area contributed by atoms with Gasteiger partial charge in [0.05, 0.1) is 18.1 Å². The molecule has 17 heavy (non-hydrogen) atoms. The molecule has 1 aliphatic rings. The second kappa shape index (κ2) is 3.64. The first kappa shape index (κ1) is 10.4. The molecule has 2 aromatic rings. The van der Waals surface area contributed by atoms with Crippen molar-refractivity contribution in [3.05, 3.63) is 53.5 Å². The van der Waals surface area contributed by atoms with E-state index in [-0.39, 0.29) is 0 Å². The minimum Gasteiger partial charge on any atom is -0.472 e. The second-order valence-electron chi connectivity index (χ2n) is 4.76. The van der Waals surface area contributed by atoms with Crippen molar-refractivity contribution >= 4 is 5.69 Å². The number of benzene rings is 1. The maximum Gasteiger partial charge on any atom is 0.0943 e. The molecule has 0 fully saturated rings. The molecule has 3 nitrogen and oxygen atoms in total. The first-order valence-electron chi connectivity index (χ1n) is 5.80. The third-order valence-electron chi connectivity index (χ3n) is 3.52. The summed E-state index contributed by atoms with van der Waals surface area (Å²) in [6, 6.07) is 7.65. The molecule has 1 aromatic carbocycles. The quantitative estimate of drug-likeness (QED) is 0.776. The van der Waals surface area contributed by atoms with Gasteiger partial charge >= 0.3 is 0 Å². The molecule has 1 atom stereocenters. The highest BCUT2D eigenvalue weighted by atomic mass is 16.3. The first-order valence-corrected chi connectivity index (χ1v) is 5.80. The Hall–Kier alpha value is -1.74. The van der Waals surface area contributed by atoms with Gasteiger partial charge in [0.15, 0.2) is 0 Å². The molecule has 0 radical (unpaired) electrons. The fourth-order valence-corrected chi connectivity index (χ4v) is 2.67. The Kier molecular flexibility index (Phi) is 2.23. The molecule has 0 spiro atoms. The zero-order valence-corrected chi connectivity index (χ0v) is 9.52. The standard InChI is InChI=1S/C14H15NO2/c15-12-1-2-13-11(7-12)3-5-14(13,16)8-10-4-6-17-9-10/h1-2,4,6-7,9,16H,3,5,8,15H2. The van der Waals surface area contributed by atoms with Crippen LogP contribution < -0.4 is 5.73 Å². The highest BCUT2D eigenvalue weighted by Crippen LogP contribution is 2.40. The Morgan fingerprint density at radius 2 is 2.24 bits per heavy atom. The summed E-state index contributed by atoms with van der Waals surface area (Å²) in [6.07, 6.45) is 5.55. The molecule has 3 rings (SSSR count). The van der Waals surface area contributed by atoms with E-state index in [4.69, 9.17) is 10.2 Å². The molecular weight excluding hydrogens is 214 g/mol. The van der Waals surface area contributed by atoms with Gasteiger partial charge in [-0.1, -0.05) is 6.07 Å². The van der Waals surface area contributed by atoms with Gasteiger partial charge in [-0.3, -0.25) is 0 Å². The van der Waals surface area contributed by atoms with Crippen molar-refractivity contribution in [2.45, 2.75) is 24.9 Å². The average molecular weight is 229 g/mol. The third kappa shape index (κ3) is 1.72. The molecule has 0 aliphatic heterocycles. The molecule has 0 bridgehead atoms. The number of hydrogen-bond acceptors (Lipinski definition) is 3. The van der Waals surface area contributed by atoms with Crippen molar-refractivity contribution in [2.75, 3.05) is 5.73 Å². The van der Waals surface area contributed by atoms with Gasteiger partial charge in [-0.05, 0) is 47.7 Å². The van der Waals surface area contributed by atoms with Gasteiger partial charge in [-0.15, -0.1) is 0 Å². The van der Waals surface area contributed by atoms with E-state index in [2.05, 4.69) is 0 Å². The second-order valence-corrected chi connectivity index (χ2v) is 4.76. The van der Waals surface area contributed by atoms with Crippen molar-refractivity contribution in [1.82, 2.24) is 0 Å². The zero-order chi connectivity index (χ0) is 11.9. The Labute approximate surface area is 99.9 Å². The van der Waals surface area contributed by atoms with Crippen LogP contribution in [0.4, 0.5) is 5.69 Å². The van der Waals surface area contributed by atoms with Crippen molar-refractivity contribution in [2.24, 2.45) is 0 Å². The molecule has 0 saturated carbocycles. The normalized spacial score (nSPS) is 22.6. The Morgan fingerprint density at radius 3 is 3.00 bits per heavy atom. The summed E-state index contributed by atoms with van der Waals surface area (Å²) < 4.78 is 5.05. The van der Waals surface area contributed by atoms with Crippen molar-refractivity contribution < 1.29 is 9.52 Å². The molecule has 0 amide bonds. The minimum atomic E-state index is -0.771. The van der Waals surface area contributed by atoms with Gasteiger partial charge in [0.1, 0.15) is 0 Å². The van der Waals surface area contributed by atoms with Gasteiger partial charge in [-0.2, -0.15) is 0 Å². The highest BCUT2D eigenvalue weighted by molar-refractivity contribution is 5.49. The van der Waals surface area contributed by atoms with E-state index in [9.17, 15) is 5.11 Å². The SMILES string of the molecule is Nc1ccc2c(c1)CCC2(O)Cc1ccoc1. The van der Waals surface area contributed by atoms with Crippen LogP contribution in [0.15, 0.2) is 41.2 Å². The fourth-order valence-electron chi connectivity index (χ4n) is 2.67. The lowest BCUT2D eigenvalue weighted by atomic mass is 9.89. The van der Waals surface area contributed by atoms with Gasteiger partial charge in [0.25, 0.3) is 0 Å². The largest absolute Gasteiger partial charge is 0.472 e. The van der Waals surface area contributed by atoms with E-state index in [1.165, 1.54) is 0 Å². The summed E-state index contributed by atoms with van der Waals surface area (Å²) in [6.45, 7) is 0. The lowest BCUT2D eigenvalue weighted by Gasteiger charge is -2.23. The van der Waals surface area contributed by atoms with Crippen LogP contribution in [-0.4, -0.2) is 5.11 Å². The number of aliphatic hydroxyl groups is 1. The van der Waals surface area contributed by atoms with Crippen molar-refractivity contribution in [3.63, 3.8) is 0 Å². The van der Waals surface area contributed by atoms with Crippen LogP contribution >= 0.6 is 0 Å². The summed E-state index contributed by atoms with van der Waals surface area (Å²) >= 11 is 0. The molecule has 1 heterocycles. The number of furan rings is 1. The van der Waals surface area contributed by atoms with Gasteiger partial charge in [-0.25, -0.2) is 0 Å². The summed E-state index contributed by atoms with van der Waals surface area (Å²) in [5.41, 5.74) is 8.94. The average Bonchev–Trinajstić information content (AvgIpc) is 2.88. The summed E-state index contributed by atoms with van der Waals surface area (Å²) in [5.74, 6) is 0. The summed E-state index contributed by atoms with van der Waals surface area (Å²) in [5, 5.41) is 10.7. The maximum atomic E-state index is 10.7. The Bertz CT molecular complexity index is 533. The zero-order valence-electron chi connectivity index (χ0n) is 9.52. The number of rotatable bonds is 2. The van der Waals surface area contributed by atoms with E-state index < -0.39 is 5.60 Å². The van der Waals surface area contributed by atoms with Gasteiger partial charge < -0.3 is 15.3 Å². The van der Waals surface area contributed by atoms with Crippen LogP contribution in [0, 0.1) is 0 Å². The number of nitrogens with two attached hydrogens (primary N) is 1. The predicted octanol–water partition coefficient (Wildman–Crippen LogP) is 2.24. The van der Waals surface area contributed by atoms with Crippen LogP contribution in [0.2, 0.25) is 0 Å². The van der Waals surface area contributed by atoms with Gasteiger partial charge in [0.2, 0.25) is 0 Å². The molecule has 88 valence electrons. The fraction of sp³-hybridized carbons (Fsp3) is 0.286. The van der Waals surface area contributed by atoms with Crippen LogP contribution in [0.3, 0.4) is 0 Å². The van der Waals surface area contributed by atoms with E-state index in [1.807, 2.05) is 24.3 Å². The first-order chi connectivity index (χ1) is 8.17. The molecule has 3 N–H and O–H groups in total. The van der Waals surface area contributed by atoms with E-state index in [0.717, 1.165) is 35.2 Å². The number of hydrogen-bond donors (Lipinski definition) is 2. The van der Waals surface area contributed by atoms with Crippen LogP contribution in [0.25, 0.3) is 0 Å². The lowest BCUT2D eigenvalue weighted by Crippen LogP contribution is -2.25. The molecule has 3 heteroatoms. The minimum absolute atomic E-state index is 0.598. The molecule has 1 aliphatic carbocycles. The number of aryl methyl sites for hydroxylation is 1. The predicted molar refractivity (Wildman–Crippen MR) is 65.5 cm³/mol. The lowest BCUT2D eigenvalue weighted by molar-refractivity contribution is 0.0388. The van der Waals surface area contributed by atoms with Crippen molar-refractivity contribution in [3.8, 4) is 0 Å². The summed E-state index contributed by atoms with van der Waals surface area (Å²) in [7, 11) is 0. The topological polar surface area (TPSA) is 59.4 Å². The third-order valence-corrected chi connectivity index (χ3v) is 3.52. The van der Waals surface area contributed by atoms with Crippen LogP contribution in [-0.2, 0) is 18.4 Å². The highest BCUT2D eigenvalue weighted by Gasteiger charge is 2.36. The number of anilines is 1. The molecule has 1 unspecified atom stereocenters. The summed E-state index contributed by atoms with van der Waals surface area (Å²) in [4.78, 5) is 0. The Balaban J connectivity index is 1.96. The van der Waals surface area contributed by atoms with E-state index in [0.29, 0.717) is 6.42 Å². The maximum absolute atomic E-state index is 10.7.